The lowest BCUT2D eigenvalue weighted by molar-refractivity contribution is -0.293. The predicted molar refractivity (Wildman–Crippen MR) is 251 cm³/mol. The average Bonchev–Trinajstić information content (AvgIpc) is 3.25. The third-order valence-corrected chi connectivity index (χ3v) is 14.2. The van der Waals surface area contributed by atoms with Crippen molar-refractivity contribution in [2.75, 3.05) is 13.7 Å². The largest absolute Gasteiger partial charge is 0.459 e. The van der Waals surface area contributed by atoms with Gasteiger partial charge < -0.3 is 29.2 Å². The Balaban J connectivity index is 0.969. The highest BCUT2D eigenvalue weighted by molar-refractivity contribution is 5.91. The Bertz CT molecular complexity index is 2400. The Morgan fingerprint density at radius 2 is 0.984 bits per heavy atom. The van der Waals surface area contributed by atoms with Crippen LogP contribution in [0.15, 0.2) is 84.9 Å². The minimum Gasteiger partial charge on any atom is -0.459 e. The van der Waals surface area contributed by atoms with Crippen LogP contribution in [0.1, 0.15) is 160 Å². The molecule has 1 saturated heterocycles. The van der Waals surface area contributed by atoms with Gasteiger partial charge in [0.15, 0.2) is 12.4 Å². The molecule has 0 bridgehead atoms. The first-order valence-corrected chi connectivity index (χ1v) is 22.4. The molecule has 0 aromatic heterocycles. The van der Waals surface area contributed by atoms with E-state index in [1.807, 2.05) is 24.3 Å². The summed E-state index contributed by atoms with van der Waals surface area (Å²) in [6.45, 7) is 22.4. The lowest BCUT2D eigenvalue weighted by Crippen LogP contribution is -2.60. The zero-order valence-corrected chi connectivity index (χ0v) is 39.0. The second-order valence-electron chi connectivity index (χ2n) is 20.7. The Hall–Kier alpha value is -4.86. The standard InChI is InChI=1S/C55H66O8/c1-33(39-20-22-41-43(30-39)54(7,8)26-24-52(41,3)4)28-35-12-16-37(17-13-35)49(58)61-32-45-46(56)48(47(57)51(60-11)62-45)63-50(59)38-18-14-36(15-19-38)29-34(2)40-21-23-42-44(31-40)55(9,10)27-25-53(42,5)6/h12-23,28-31,45-48,51,56-57H,24-27,32H2,1-11H3/t45-,46-,47-,48+,51+/m1/s1. The molecule has 334 valence electrons. The summed E-state index contributed by atoms with van der Waals surface area (Å²) < 4.78 is 22.4. The van der Waals surface area contributed by atoms with Gasteiger partial charge in [-0.1, -0.05) is 128 Å². The summed E-state index contributed by atoms with van der Waals surface area (Å²) in [5.74, 6) is -1.35. The second-order valence-corrected chi connectivity index (χ2v) is 20.7. The summed E-state index contributed by atoms with van der Waals surface area (Å²) >= 11 is 0. The van der Waals surface area contributed by atoms with Gasteiger partial charge in [0.2, 0.25) is 0 Å². The fraction of sp³-hybridized carbons (Fsp3) is 0.455. The molecule has 0 radical (unpaired) electrons. The van der Waals surface area contributed by atoms with Crippen molar-refractivity contribution in [3.63, 3.8) is 0 Å². The second kappa shape index (κ2) is 17.6. The van der Waals surface area contributed by atoms with Crippen LogP contribution >= 0.6 is 0 Å². The molecule has 0 spiro atoms. The molecule has 63 heavy (non-hydrogen) atoms. The average molecular weight is 855 g/mol. The highest BCUT2D eigenvalue weighted by atomic mass is 16.7. The Morgan fingerprint density at radius 1 is 0.587 bits per heavy atom. The van der Waals surface area contributed by atoms with Gasteiger partial charge in [0.1, 0.15) is 24.9 Å². The van der Waals surface area contributed by atoms with Gasteiger partial charge in [-0.25, -0.2) is 9.59 Å². The summed E-state index contributed by atoms with van der Waals surface area (Å²) in [5, 5.41) is 22.3. The Morgan fingerprint density at radius 3 is 1.41 bits per heavy atom. The molecule has 3 aliphatic rings. The summed E-state index contributed by atoms with van der Waals surface area (Å²) in [6, 6.07) is 27.7. The van der Waals surface area contributed by atoms with Crippen LogP contribution in [-0.2, 0) is 40.6 Å². The predicted octanol–water partition coefficient (Wildman–Crippen LogP) is 11.0. The van der Waals surface area contributed by atoms with Crippen LogP contribution in [-0.4, -0.2) is 66.6 Å². The van der Waals surface area contributed by atoms with E-state index in [0.717, 1.165) is 47.1 Å². The summed E-state index contributed by atoms with van der Waals surface area (Å²) in [7, 11) is 1.33. The number of allylic oxidation sites excluding steroid dienone is 2. The van der Waals surface area contributed by atoms with Gasteiger partial charge >= 0.3 is 11.9 Å². The quantitative estimate of drug-likeness (QED) is 0.120. The molecule has 4 aromatic rings. The first-order valence-electron chi connectivity index (χ1n) is 22.4. The van der Waals surface area contributed by atoms with Crippen molar-refractivity contribution in [3.05, 3.63) is 141 Å². The van der Waals surface area contributed by atoms with E-state index in [1.54, 1.807) is 24.3 Å². The number of hydrogen-bond acceptors (Lipinski definition) is 8. The molecule has 7 rings (SSSR count). The van der Waals surface area contributed by atoms with Gasteiger partial charge in [-0.05, 0) is 141 Å². The van der Waals surface area contributed by atoms with E-state index >= 15 is 0 Å². The van der Waals surface area contributed by atoms with Gasteiger partial charge in [-0.2, -0.15) is 0 Å². The number of ether oxygens (including phenoxy) is 4. The lowest BCUT2D eigenvalue weighted by Gasteiger charge is -2.42. The minimum absolute atomic E-state index is 0.104. The van der Waals surface area contributed by atoms with E-state index in [1.165, 1.54) is 41.3 Å². The molecule has 4 aromatic carbocycles. The molecule has 0 unspecified atom stereocenters. The zero-order valence-electron chi connectivity index (χ0n) is 39.0. The molecule has 8 nitrogen and oxygen atoms in total. The number of aliphatic hydroxyl groups excluding tert-OH is 2. The van der Waals surface area contributed by atoms with Crippen molar-refractivity contribution in [2.24, 2.45) is 0 Å². The lowest BCUT2D eigenvalue weighted by atomic mass is 9.63. The van der Waals surface area contributed by atoms with Crippen molar-refractivity contribution < 1.29 is 38.7 Å². The highest BCUT2D eigenvalue weighted by Crippen LogP contribution is 2.48. The van der Waals surface area contributed by atoms with Crippen molar-refractivity contribution in [3.8, 4) is 0 Å². The summed E-state index contributed by atoms with van der Waals surface area (Å²) in [5.41, 5.74) is 13.1. The third-order valence-electron chi connectivity index (χ3n) is 14.2. The van der Waals surface area contributed by atoms with E-state index in [-0.39, 0.29) is 33.8 Å². The third kappa shape index (κ3) is 9.66. The van der Waals surface area contributed by atoms with Crippen LogP contribution in [0.3, 0.4) is 0 Å². The molecular weight excluding hydrogens is 789 g/mol. The van der Waals surface area contributed by atoms with Gasteiger partial charge in [-0.3, -0.25) is 0 Å². The summed E-state index contributed by atoms with van der Waals surface area (Å²) in [6.07, 6.45) is 1.99. The molecule has 1 heterocycles. The molecule has 0 saturated carbocycles. The van der Waals surface area contributed by atoms with Crippen LogP contribution in [0.2, 0.25) is 0 Å². The first-order chi connectivity index (χ1) is 29.6. The van der Waals surface area contributed by atoms with Crippen molar-refractivity contribution in [2.45, 2.75) is 147 Å². The number of benzene rings is 4. The molecule has 2 aliphatic carbocycles. The van der Waals surface area contributed by atoms with Crippen molar-refractivity contribution in [1.29, 1.82) is 0 Å². The van der Waals surface area contributed by atoms with Crippen LogP contribution < -0.4 is 0 Å². The van der Waals surface area contributed by atoms with E-state index in [2.05, 4.69) is 118 Å². The molecule has 1 aliphatic heterocycles. The number of aliphatic hydroxyl groups is 2. The van der Waals surface area contributed by atoms with Crippen LogP contribution in [0, 0.1) is 0 Å². The Kier molecular flexibility index (Phi) is 12.9. The maximum absolute atomic E-state index is 13.4. The highest BCUT2D eigenvalue weighted by Gasteiger charge is 2.48. The number of methoxy groups -OCH3 is 1. The van der Waals surface area contributed by atoms with Crippen molar-refractivity contribution >= 4 is 35.2 Å². The fourth-order valence-electron chi connectivity index (χ4n) is 9.57. The molecule has 5 atom stereocenters. The number of esters is 2. The van der Waals surface area contributed by atoms with E-state index in [9.17, 15) is 19.8 Å². The number of hydrogen-bond donors (Lipinski definition) is 2. The van der Waals surface area contributed by atoms with Crippen LogP contribution in [0.5, 0.6) is 0 Å². The fourth-order valence-corrected chi connectivity index (χ4v) is 9.57. The smallest absolute Gasteiger partial charge is 0.338 e. The van der Waals surface area contributed by atoms with Gasteiger partial charge in [0, 0.05) is 7.11 Å². The molecule has 2 N–H and O–H groups in total. The van der Waals surface area contributed by atoms with Crippen LogP contribution in [0.4, 0.5) is 0 Å². The minimum atomic E-state index is -1.52. The van der Waals surface area contributed by atoms with E-state index in [4.69, 9.17) is 18.9 Å². The molecular formula is C55H66O8. The number of rotatable bonds is 10. The zero-order chi connectivity index (χ0) is 45.6. The Labute approximate surface area is 374 Å². The number of carbonyl (C=O) groups excluding carboxylic acids is 2. The van der Waals surface area contributed by atoms with Crippen molar-refractivity contribution in [1.82, 2.24) is 0 Å². The normalized spacial score (nSPS) is 24.7. The SMILES string of the molecule is CO[C@H]1O[C@H](COC(=O)c2ccc(C=C(C)c3ccc4c(c3)C(C)(C)CCC4(C)C)cc2)[C@@H](O)[C@H](OC(=O)c2ccc(C=C(C)c3ccc4c(c3)C(C)(C)CCC4(C)C)cc2)[C@H]1O. The monoisotopic (exact) mass is 854 g/mol. The maximum Gasteiger partial charge on any atom is 0.338 e. The van der Waals surface area contributed by atoms with Crippen LogP contribution in [0.25, 0.3) is 23.3 Å². The first kappa shape index (κ1) is 46.1. The molecule has 0 amide bonds. The van der Waals surface area contributed by atoms with Gasteiger partial charge in [0.05, 0.1) is 11.1 Å². The molecule has 1 fully saturated rings. The van der Waals surface area contributed by atoms with E-state index in [0.29, 0.717) is 5.56 Å². The van der Waals surface area contributed by atoms with Gasteiger partial charge in [-0.15, -0.1) is 0 Å². The topological polar surface area (TPSA) is 112 Å². The summed E-state index contributed by atoms with van der Waals surface area (Å²) in [4.78, 5) is 26.6. The van der Waals surface area contributed by atoms with E-state index < -0.39 is 42.6 Å². The van der Waals surface area contributed by atoms with Gasteiger partial charge in [0.25, 0.3) is 0 Å². The molecule has 8 heteroatoms. The number of carbonyl (C=O) groups is 2. The number of fused-ring (bicyclic) bond motifs is 2. The maximum atomic E-state index is 13.4.